The molecule has 2 aromatic rings. The van der Waals surface area contributed by atoms with E-state index < -0.39 is 0 Å². The maximum absolute atomic E-state index is 11.4. The number of primary amides is 1. The maximum atomic E-state index is 11.4. The molecule has 0 aromatic heterocycles. The van der Waals surface area contributed by atoms with Gasteiger partial charge in [0.25, 0.3) is 0 Å². The van der Waals surface area contributed by atoms with E-state index in [1.54, 1.807) is 13.0 Å². The molecule has 0 radical (unpaired) electrons. The van der Waals surface area contributed by atoms with Gasteiger partial charge in [-0.15, -0.1) is 0 Å². The van der Waals surface area contributed by atoms with Crippen LogP contribution in [0.4, 0.5) is 0 Å². The summed E-state index contributed by atoms with van der Waals surface area (Å²) in [6, 6.07) is 15.3. The zero-order chi connectivity index (χ0) is 13.1. The fourth-order valence-electron chi connectivity index (χ4n) is 1.93. The van der Waals surface area contributed by atoms with Gasteiger partial charge in [-0.2, -0.15) is 0 Å². The summed E-state index contributed by atoms with van der Waals surface area (Å²) in [6.45, 7) is 1.80. The van der Waals surface area contributed by atoms with Gasteiger partial charge in [0, 0.05) is 5.02 Å². The molecule has 0 heterocycles. The molecule has 2 aromatic carbocycles. The van der Waals surface area contributed by atoms with E-state index >= 15 is 0 Å². The van der Waals surface area contributed by atoms with Gasteiger partial charge >= 0.3 is 0 Å². The lowest BCUT2D eigenvalue weighted by Crippen LogP contribution is -2.19. The predicted molar refractivity (Wildman–Crippen MR) is 74.5 cm³/mol. The Hall–Kier alpha value is -1.80. The normalized spacial score (nSPS) is 12.1. The minimum atomic E-state index is -0.338. The Balaban J connectivity index is 2.58. The fourth-order valence-corrected chi connectivity index (χ4v) is 2.10. The largest absolute Gasteiger partial charge is 0.369 e. The molecule has 0 bridgehead atoms. The standard InChI is InChI=1S/C15H14ClNO/c1-10(15(17)18)13-8-7-12(16)9-14(13)11-5-3-2-4-6-11/h2-10H,1H3,(H2,17,18). The molecule has 0 fully saturated rings. The summed E-state index contributed by atoms with van der Waals surface area (Å²) in [6.07, 6.45) is 0. The minimum Gasteiger partial charge on any atom is -0.369 e. The van der Waals surface area contributed by atoms with Gasteiger partial charge < -0.3 is 5.73 Å². The molecule has 2 nitrogen and oxygen atoms in total. The van der Waals surface area contributed by atoms with Crippen molar-refractivity contribution in [2.45, 2.75) is 12.8 Å². The Kier molecular flexibility index (Phi) is 3.68. The topological polar surface area (TPSA) is 43.1 Å². The second kappa shape index (κ2) is 5.23. The van der Waals surface area contributed by atoms with Crippen molar-refractivity contribution in [3.05, 3.63) is 59.1 Å². The third-order valence-corrected chi connectivity index (χ3v) is 3.23. The first kappa shape index (κ1) is 12.7. The molecule has 92 valence electrons. The summed E-state index contributed by atoms with van der Waals surface area (Å²) in [5.41, 5.74) is 8.27. The first-order valence-electron chi connectivity index (χ1n) is 5.74. The molecule has 0 spiro atoms. The van der Waals surface area contributed by atoms with Gasteiger partial charge in [-0.1, -0.05) is 48.0 Å². The van der Waals surface area contributed by atoms with Crippen molar-refractivity contribution in [1.29, 1.82) is 0 Å². The van der Waals surface area contributed by atoms with Crippen molar-refractivity contribution >= 4 is 17.5 Å². The molecule has 2 rings (SSSR count). The summed E-state index contributed by atoms with van der Waals surface area (Å²) >= 11 is 6.03. The highest BCUT2D eigenvalue weighted by molar-refractivity contribution is 6.30. The van der Waals surface area contributed by atoms with E-state index in [1.165, 1.54) is 0 Å². The monoisotopic (exact) mass is 259 g/mol. The predicted octanol–water partition coefficient (Wildman–Crippen LogP) is 3.60. The van der Waals surface area contributed by atoms with E-state index in [9.17, 15) is 4.79 Å². The lowest BCUT2D eigenvalue weighted by molar-refractivity contribution is -0.119. The summed E-state index contributed by atoms with van der Waals surface area (Å²) in [5, 5.41) is 0.647. The number of nitrogens with two attached hydrogens (primary N) is 1. The van der Waals surface area contributed by atoms with Crippen molar-refractivity contribution in [3.8, 4) is 11.1 Å². The van der Waals surface area contributed by atoms with Crippen LogP contribution in [0.15, 0.2) is 48.5 Å². The highest BCUT2D eigenvalue weighted by Gasteiger charge is 2.16. The van der Waals surface area contributed by atoms with Gasteiger partial charge in [0.1, 0.15) is 0 Å². The van der Waals surface area contributed by atoms with Gasteiger partial charge in [0.15, 0.2) is 0 Å². The quantitative estimate of drug-likeness (QED) is 0.899. The number of hydrogen-bond donors (Lipinski definition) is 1. The van der Waals surface area contributed by atoms with Crippen molar-refractivity contribution < 1.29 is 4.79 Å². The molecule has 1 atom stereocenters. The Bertz CT molecular complexity index is 566. The smallest absolute Gasteiger partial charge is 0.224 e. The van der Waals surface area contributed by atoms with E-state index in [1.807, 2.05) is 42.5 Å². The van der Waals surface area contributed by atoms with E-state index in [0.717, 1.165) is 16.7 Å². The van der Waals surface area contributed by atoms with Crippen LogP contribution in [0.5, 0.6) is 0 Å². The summed E-state index contributed by atoms with van der Waals surface area (Å²) in [7, 11) is 0. The van der Waals surface area contributed by atoms with Crippen LogP contribution in [-0.2, 0) is 4.79 Å². The molecule has 1 amide bonds. The summed E-state index contributed by atoms with van der Waals surface area (Å²) in [4.78, 5) is 11.4. The van der Waals surface area contributed by atoms with Crippen LogP contribution >= 0.6 is 11.6 Å². The Morgan fingerprint density at radius 1 is 1.17 bits per heavy atom. The van der Waals surface area contributed by atoms with E-state index in [-0.39, 0.29) is 11.8 Å². The number of carbonyl (C=O) groups excluding carboxylic acids is 1. The fraction of sp³-hybridized carbons (Fsp3) is 0.133. The number of rotatable bonds is 3. The van der Waals surface area contributed by atoms with E-state index in [2.05, 4.69) is 0 Å². The molecule has 0 aliphatic rings. The molecule has 0 saturated heterocycles. The maximum Gasteiger partial charge on any atom is 0.224 e. The van der Waals surface area contributed by atoms with Crippen molar-refractivity contribution in [3.63, 3.8) is 0 Å². The van der Waals surface area contributed by atoms with Crippen LogP contribution in [0, 0.1) is 0 Å². The van der Waals surface area contributed by atoms with Gasteiger partial charge in [0.2, 0.25) is 5.91 Å². The van der Waals surface area contributed by atoms with Crippen LogP contribution in [0.25, 0.3) is 11.1 Å². The molecule has 18 heavy (non-hydrogen) atoms. The summed E-state index contributed by atoms with van der Waals surface area (Å²) < 4.78 is 0. The third-order valence-electron chi connectivity index (χ3n) is 2.99. The van der Waals surface area contributed by atoms with Crippen LogP contribution < -0.4 is 5.73 Å². The Morgan fingerprint density at radius 2 is 1.83 bits per heavy atom. The first-order chi connectivity index (χ1) is 8.59. The molecule has 0 aliphatic carbocycles. The molecule has 0 aliphatic heterocycles. The SMILES string of the molecule is CC(C(N)=O)c1ccc(Cl)cc1-c1ccccc1. The third kappa shape index (κ3) is 2.54. The second-order valence-electron chi connectivity index (χ2n) is 4.22. The number of hydrogen-bond acceptors (Lipinski definition) is 1. The van der Waals surface area contributed by atoms with E-state index in [4.69, 9.17) is 17.3 Å². The van der Waals surface area contributed by atoms with Crippen LogP contribution in [0.2, 0.25) is 5.02 Å². The molecule has 0 saturated carbocycles. The zero-order valence-corrected chi connectivity index (χ0v) is 10.8. The lowest BCUT2D eigenvalue weighted by Gasteiger charge is -2.14. The van der Waals surface area contributed by atoms with Crippen molar-refractivity contribution in [2.24, 2.45) is 5.73 Å². The molecule has 1 unspecified atom stereocenters. The van der Waals surface area contributed by atoms with Gasteiger partial charge in [-0.3, -0.25) is 4.79 Å². The second-order valence-corrected chi connectivity index (χ2v) is 4.66. The molecule has 2 N–H and O–H groups in total. The molecular formula is C15H14ClNO. The molecular weight excluding hydrogens is 246 g/mol. The summed E-state index contributed by atoms with van der Waals surface area (Å²) in [5.74, 6) is -0.674. The highest BCUT2D eigenvalue weighted by atomic mass is 35.5. The van der Waals surface area contributed by atoms with Crippen LogP contribution in [0.1, 0.15) is 18.4 Å². The van der Waals surface area contributed by atoms with Crippen LogP contribution in [0.3, 0.4) is 0 Å². The zero-order valence-electron chi connectivity index (χ0n) is 10.1. The Labute approximate surface area is 111 Å². The van der Waals surface area contributed by atoms with Crippen molar-refractivity contribution in [1.82, 2.24) is 0 Å². The number of amides is 1. The lowest BCUT2D eigenvalue weighted by atomic mass is 9.91. The van der Waals surface area contributed by atoms with E-state index in [0.29, 0.717) is 5.02 Å². The highest BCUT2D eigenvalue weighted by Crippen LogP contribution is 2.31. The molecule has 3 heteroatoms. The first-order valence-corrected chi connectivity index (χ1v) is 6.11. The number of benzene rings is 2. The van der Waals surface area contributed by atoms with Gasteiger partial charge in [0.05, 0.1) is 5.92 Å². The van der Waals surface area contributed by atoms with Gasteiger partial charge in [-0.25, -0.2) is 0 Å². The average molecular weight is 260 g/mol. The van der Waals surface area contributed by atoms with Crippen LogP contribution in [-0.4, -0.2) is 5.91 Å². The number of halogens is 1. The van der Waals surface area contributed by atoms with Gasteiger partial charge in [-0.05, 0) is 35.7 Å². The average Bonchev–Trinajstić information content (AvgIpc) is 2.39. The number of carbonyl (C=O) groups is 1. The Morgan fingerprint density at radius 3 is 2.44 bits per heavy atom. The minimum absolute atomic E-state index is 0.336. The van der Waals surface area contributed by atoms with Crippen molar-refractivity contribution in [2.75, 3.05) is 0 Å².